The van der Waals surface area contributed by atoms with Crippen LogP contribution in [-0.4, -0.2) is 35.3 Å². The molecule has 1 heterocycles. The van der Waals surface area contributed by atoms with E-state index >= 15 is 0 Å². The molecule has 1 aliphatic rings. The summed E-state index contributed by atoms with van der Waals surface area (Å²) in [6.45, 7) is 0.666. The van der Waals surface area contributed by atoms with E-state index in [1.54, 1.807) is 19.2 Å². The number of nitrogens with one attached hydrogen (secondary N) is 1. The molecule has 2 N–H and O–H groups in total. The molecule has 0 atom stereocenters. The molecule has 0 radical (unpaired) electrons. The van der Waals surface area contributed by atoms with Gasteiger partial charge in [-0.05, 0) is 31.4 Å². The van der Waals surface area contributed by atoms with Gasteiger partial charge < -0.3 is 15.2 Å². The second kappa shape index (κ2) is 4.71. The summed E-state index contributed by atoms with van der Waals surface area (Å²) in [5.74, 6) is -0.438. The van der Waals surface area contributed by atoms with Crippen LogP contribution in [-0.2, 0) is 4.74 Å². The molecule has 5 heteroatoms. The lowest BCUT2D eigenvalue weighted by Crippen LogP contribution is -2.45. The molecule has 1 aromatic heterocycles. The average Bonchev–Trinajstić information content (AvgIpc) is 2.28. The number of aromatic carboxylic acids is 1. The molecule has 0 saturated heterocycles. The highest BCUT2D eigenvalue weighted by Gasteiger charge is 2.36. The minimum Gasteiger partial charge on any atom is -0.477 e. The summed E-state index contributed by atoms with van der Waals surface area (Å²) in [6, 6.07) is 4.91. The summed E-state index contributed by atoms with van der Waals surface area (Å²) >= 11 is 0. The number of nitrogens with zero attached hydrogens (tertiary/aromatic N) is 1. The van der Waals surface area contributed by atoms with Crippen LogP contribution in [0.5, 0.6) is 0 Å². The predicted molar refractivity (Wildman–Crippen MR) is 63.3 cm³/mol. The second-order valence-corrected chi connectivity index (χ2v) is 4.31. The number of carbonyl (C=O) groups is 1. The number of carboxylic acids is 1. The highest BCUT2D eigenvalue weighted by Crippen LogP contribution is 2.34. The summed E-state index contributed by atoms with van der Waals surface area (Å²) in [7, 11) is 1.71. The normalized spacial score (nSPS) is 17.2. The van der Waals surface area contributed by atoms with E-state index in [0.717, 1.165) is 12.8 Å². The van der Waals surface area contributed by atoms with Crippen LogP contribution in [0.25, 0.3) is 0 Å². The molecular weight excluding hydrogens is 220 g/mol. The van der Waals surface area contributed by atoms with E-state index in [1.165, 1.54) is 12.5 Å². The van der Waals surface area contributed by atoms with Gasteiger partial charge in [-0.3, -0.25) is 0 Å². The van der Waals surface area contributed by atoms with E-state index < -0.39 is 5.97 Å². The molecule has 1 saturated carbocycles. The topological polar surface area (TPSA) is 71.5 Å². The van der Waals surface area contributed by atoms with Crippen molar-refractivity contribution < 1.29 is 14.6 Å². The molecule has 5 nitrogen and oxygen atoms in total. The Morgan fingerprint density at radius 2 is 2.35 bits per heavy atom. The number of aromatic nitrogens is 1. The highest BCUT2D eigenvalue weighted by atomic mass is 16.5. The average molecular weight is 236 g/mol. The smallest absolute Gasteiger partial charge is 0.354 e. The van der Waals surface area contributed by atoms with Gasteiger partial charge in [-0.25, -0.2) is 9.78 Å². The number of rotatable bonds is 5. The molecule has 0 spiro atoms. The molecular formula is C12H16N2O3. The zero-order valence-electron chi connectivity index (χ0n) is 9.77. The van der Waals surface area contributed by atoms with Gasteiger partial charge in [0.25, 0.3) is 0 Å². The fourth-order valence-electron chi connectivity index (χ4n) is 1.93. The third kappa shape index (κ3) is 2.55. The van der Waals surface area contributed by atoms with Crippen molar-refractivity contribution in [1.29, 1.82) is 0 Å². The van der Waals surface area contributed by atoms with Gasteiger partial charge in [0.2, 0.25) is 0 Å². The number of ether oxygens (including phenoxy) is 1. The first-order valence-electron chi connectivity index (χ1n) is 5.65. The Bertz CT molecular complexity index is 410. The first kappa shape index (κ1) is 11.9. The van der Waals surface area contributed by atoms with Crippen LogP contribution in [0.1, 0.15) is 29.8 Å². The van der Waals surface area contributed by atoms with Crippen molar-refractivity contribution in [2.24, 2.45) is 0 Å². The molecule has 92 valence electrons. The van der Waals surface area contributed by atoms with Gasteiger partial charge in [0.05, 0.1) is 5.60 Å². The Kier molecular flexibility index (Phi) is 3.28. The van der Waals surface area contributed by atoms with E-state index in [0.29, 0.717) is 12.4 Å². The van der Waals surface area contributed by atoms with Gasteiger partial charge in [0, 0.05) is 13.7 Å². The molecule has 0 unspecified atom stereocenters. The van der Waals surface area contributed by atoms with Crippen LogP contribution in [0.4, 0.5) is 5.82 Å². The minimum atomic E-state index is -1.02. The number of hydrogen-bond donors (Lipinski definition) is 2. The van der Waals surface area contributed by atoms with Crippen LogP contribution < -0.4 is 5.32 Å². The van der Waals surface area contributed by atoms with Crippen molar-refractivity contribution in [3.05, 3.63) is 23.9 Å². The van der Waals surface area contributed by atoms with E-state index in [1.807, 2.05) is 0 Å². The lowest BCUT2D eigenvalue weighted by Gasteiger charge is -2.40. The maximum atomic E-state index is 10.8. The molecule has 0 bridgehead atoms. The zero-order valence-corrected chi connectivity index (χ0v) is 9.77. The molecule has 17 heavy (non-hydrogen) atoms. The Balaban J connectivity index is 1.99. The van der Waals surface area contributed by atoms with E-state index in [2.05, 4.69) is 10.3 Å². The Morgan fingerprint density at radius 1 is 1.59 bits per heavy atom. The van der Waals surface area contributed by atoms with Gasteiger partial charge in [-0.15, -0.1) is 0 Å². The van der Waals surface area contributed by atoms with E-state index in [9.17, 15) is 4.79 Å². The molecule has 0 aliphatic heterocycles. The zero-order chi connectivity index (χ0) is 12.3. The quantitative estimate of drug-likeness (QED) is 0.815. The second-order valence-electron chi connectivity index (χ2n) is 4.31. The molecule has 1 fully saturated rings. The fourth-order valence-corrected chi connectivity index (χ4v) is 1.93. The Hall–Kier alpha value is -1.62. The number of anilines is 1. The maximum absolute atomic E-state index is 10.8. The van der Waals surface area contributed by atoms with E-state index in [-0.39, 0.29) is 11.3 Å². The van der Waals surface area contributed by atoms with Crippen molar-refractivity contribution in [3.63, 3.8) is 0 Å². The van der Waals surface area contributed by atoms with Crippen molar-refractivity contribution >= 4 is 11.8 Å². The molecule has 0 amide bonds. The molecule has 2 rings (SSSR count). The van der Waals surface area contributed by atoms with Crippen molar-refractivity contribution in [2.75, 3.05) is 19.0 Å². The van der Waals surface area contributed by atoms with Crippen molar-refractivity contribution in [3.8, 4) is 0 Å². The van der Waals surface area contributed by atoms with Crippen LogP contribution in [0.15, 0.2) is 18.2 Å². The maximum Gasteiger partial charge on any atom is 0.354 e. The van der Waals surface area contributed by atoms with Gasteiger partial charge >= 0.3 is 5.97 Å². The first-order valence-corrected chi connectivity index (χ1v) is 5.65. The number of pyridine rings is 1. The van der Waals surface area contributed by atoms with Gasteiger partial charge in [-0.1, -0.05) is 6.07 Å². The van der Waals surface area contributed by atoms with Gasteiger partial charge in [-0.2, -0.15) is 0 Å². The number of methoxy groups -OCH3 is 1. The SMILES string of the molecule is COC1(CNc2cccc(C(=O)O)n2)CCC1. The van der Waals surface area contributed by atoms with Gasteiger partial charge in [0.1, 0.15) is 5.82 Å². The largest absolute Gasteiger partial charge is 0.477 e. The molecule has 1 aliphatic carbocycles. The van der Waals surface area contributed by atoms with Gasteiger partial charge in [0.15, 0.2) is 5.69 Å². The third-order valence-corrected chi connectivity index (χ3v) is 3.26. The Morgan fingerprint density at radius 3 is 2.88 bits per heavy atom. The van der Waals surface area contributed by atoms with E-state index in [4.69, 9.17) is 9.84 Å². The minimum absolute atomic E-state index is 0.0510. The Labute approximate surface area is 99.8 Å². The number of carboxylic acid groups (broad SMARTS) is 1. The van der Waals surface area contributed by atoms with Crippen molar-refractivity contribution in [1.82, 2.24) is 4.98 Å². The summed E-state index contributed by atoms with van der Waals surface area (Å²) in [5.41, 5.74) is -0.0453. The summed E-state index contributed by atoms with van der Waals surface area (Å²) in [5, 5.41) is 12.0. The highest BCUT2D eigenvalue weighted by molar-refractivity contribution is 5.85. The standard InChI is InChI=1S/C12H16N2O3/c1-17-12(6-3-7-12)8-13-10-5-2-4-9(14-10)11(15)16/h2,4-5H,3,6-8H2,1H3,(H,13,14)(H,15,16). The van der Waals surface area contributed by atoms with Crippen LogP contribution >= 0.6 is 0 Å². The fraction of sp³-hybridized carbons (Fsp3) is 0.500. The summed E-state index contributed by atoms with van der Waals surface area (Å²) in [6.07, 6.45) is 3.25. The molecule has 1 aromatic rings. The lowest BCUT2D eigenvalue weighted by molar-refractivity contribution is -0.0601. The van der Waals surface area contributed by atoms with Crippen molar-refractivity contribution in [2.45, 2.75) is 24.9 Å². The number of hydrogen-bond acceptors (Lipinski definition) is 4. The summed E-state index contributed by atoms with van der Waals surface area (Å²) < 4.78 is 5.47. The lowest BCUT2D eigenvalue weighted by atomic mass is 9.80. The summed E-state index contributed by atoms with van der Waals surface area (Å²) in [4.78, 5) is 14.8. The molecule has 0 aromatic carbocycles. The third-order valence-electron chi connectivity index (χ3n) is 3.26. The van der Waals surface area contributed by atoms with Crippen LogP contribution in [0.2, 0.25) is 0 Å². The first-order chi connectivity index (χ1) is 8.15. The monoisotopic (exact) mass is 236 g/mol. The van der Waals surface area contributed by atoms with Crippen LogP contribution in [0, 0.1) is 0 Å². The van der Waals surface area contributed by atoms with Crippen LogP contribution in [0.3, 0.4) is 0 Å². The predicted octanol–water partition coefficient (Wildman–Crippen LogP) is 1.76.